The molecule has 1 amide bonds. The van der Waals surface area contributed by atoms with Gasteiger partial charge in [0.05, 0.1) is 6.61 Å². The summed E-state index contributed by atoms with van der Waals surface area (Å²) >= 11 is 6.55. The number of nitrogens with one attached hydrogen (secondary N) is 2. The third-order valence-electron chi connectivity index (χ3n) is 3.08. The van der Waals surface area contributed by atoms with Crippen molar-refractivity contribution < 1.29 is 9.53 Å². The lowest BCUT2D eigenvalue weighted by Gasteiger charge is -2.09. The number of unbranched alkanes of at least 4 members (excludes halogenated alkanes) is 1. The molecule has 0 radical (unpaired) electrons. The zero-order chi connectivity index (χ0) is 17.4. The van der Waals surface area contributed by atoms with Gasteiger partial charge in [-0.1, -0.05) is 37.7 Å². The summed E-state index contributed by atoms with van der Waals surface area (Å²) in [6.07, 6.45) is 2.85. The van der Waals surface area contributed by atoms with Crippen LogP contribution in [-0.2, 0) is 6.42 Å². The summed E-state index contributed by atoms with van der Waals surface area (Å²) in [4.78, 5) is 12.3. The molecule has 2 aromatic rings. The summed E-state index contributed by atoms with van der Waals surface area (Å²) in [5.41, 5.74) is 0.486. The molecule has 6 nitrogen and oxygen atoms in total. The van der Waals surface area contributed by atoms with Crippen molar-refractivity contribution in [2.24, 2.45) is 0 Å². The molecule has 0 saturated carbocycles. The SMILES string of the molecule is CCCCOc1cccc(C(=O)NC(=S)Nc2nnc(CC)s2)c1. The van der Waals surface area contributed by atoms with Gasteiger partial charge in [0.15, 0.2) is 5.11 Å². The van der Waals surface area contributed by atoms with Gasteiger partial charge in [0.1, 0.15) is 10.8 Å². The van der Waals surface area contributed by atoms with Gasteiger partial charge in [0.25, 0.3) is 5.91 Å². The van der Waals surface area contributed by atoms with Crippen molar-refractivity contribution in [3.63, 3.8) is 0 Å². The Morgan fingerprint density at radius 2 is 2.17 bits per heavy atom. The summed E-state index contributed by atoms with van der Waals surface area (Å²) in [6.45, 7) is 4.74. The lowest BCUT2D eigenvalue weighted by Crippen LogP contribution is -2.34. The number of nitrogens with zero attached hydrogens (tertiary/aromatic N) is 2. The smallest absolute Gasteiger partial charge is 0.257 e. The first-order chi connectivity index (χ1) is 11.6. The van der Waals surface area contributed by atoms with E-state index >= 15 is 0 Å². The summed E-state index contributed by atoms with van der Waals surface area (Å²) in [7, 11) is 0. The second kappa shape index (κ2) is 9.29. The van der Waals surface area contributed by atoms with Crippen LogP contribution >= 0.6 is 23.6 Å². The van der Waals surface area contributed by atoms with Crippen LogP contribution in [0.1, 0.15) is 42.1 Å². The number of aromatic nitrogens is 2. The lowest BCUT2D eigenvalue weighted by atomic mass is 10.2. The number of hydrogen-bond acceptors (Lipinski definition) is 6. The number of carbonyl (C=O) groups excluding carboxylic acids is 1. The Balaban J connectivity index is 1.91. The molecular formula is C16H20N4O2S2. The number of rotatable bonds is 7. The highest BCUT2D eigenvalue weighted by atomic mass is 32.1. The molecule has 1 heterocycles. The molecule has 2 N–H and O–H groups in total. The molecule has 0 fully saturated rings. The van der Waals surface area contributed by atoms with Gasteiger partial charge in [-0.2, -0.15) is 0 Å². The number of thiocarbonyl (C=S) groups is 1. The topological polar surface area (TPSA) is 76.1 Å². The van der Waals surface area contributed by atoms with Crippen LogP contribution < -0.4 is 15.4 Å². The molecule has 0 unspecified atom stereocenters. The van der Waals surface area contributed by atoms with E-state index in [1.54, 1.807) is 18.2 Å². The van der Waals surface area contributed by atoms with Crippen LogP contribution in [0.4, 0.5) is 5.13 Å². The zero-order valence-corrected chi connectivity index (χ0v) is 15.3. The molecule has 24 heavy (non-hydrogen) atoms. The van der Waals surface area contributed by atoms with Crippen LogP contribution in [0.5, 0.6) is 5.75 Å². The fourth-order valence-corrected chi connectivity index (χ4v) is 2.75. The summed E-state index contributed by atoms with van der Waals surface area (Å²) in [5.74, 6) is 0.375. The molecular weight excluding hydrogens is 344 g/mol. The number of carbonyl (C=O) groups is 1. The van der Waals surface area contributed by atoms with Crippen molar-refractivity contribution in [3.05, 3.63) is 34.8 Å². The highest BCUT2D eigenvalue weighted by molar-refractivity contribution is 7.80. The number of benzene rings is 1. The molecule has 0 aliphatic carbocycles. The Bertz CT molecular complexity index is 703. The van der Waals surface area contributed by atoms with Crippen LogP contribution in [0.3, 0.4) is 0 Å². The summed E-state index contributed by atoms with van der Waals surface area (Å²) in [6, 6.07) is 7.03. The van der Waals surface area contributed by atoms with Crippen molar-refractivity contribution in [2.75, 3.05) is 11.9 Å². The quantitative estimate of drug-likeness (QED) is 0.579. The van der Waals surface area contributed by atoms with E-state index in [9.17, 15) is 4.79 Å². The van der Waals surface area contributed by atoms with E-state index in [-0.39, 0.29) is 11.0 Å². The van der Waals surface area contributed by atoms with Crippen molar-refractivity contribution in [1.29, 1.82) is 0 Å². The number of anilines is 1. The fraction of sp³-hybridized carbons (Fsp3) is 0.375. The number of amides is 1. The van der Waals surface area contributed by atoms with Gasteiger partial charge in [-0.05, 0) is 43.3 Å². The van der Waals surface area contributed by atoms with Gasteiger partial charge in [-0.15, -0.1) is 10.2 Å². The number of hydrogen-bond donors (Lipinski definition) is 2. The molecule has 0 aliphatic heterocycles. The predicted octanol–water partition coefficient (Wildman–Crippen LogP) is 3.41. The third-order valence-corrected chi connectivity index (χ3v) is 4.27. The highest BCUT2D eigenvalue weighted by Crippen LogP contribution is 2.16. The first-order valence-electron chi connectivity index (χ1n) is 7.80. The van der Waals surface area contributed by atoms with E-state index in [2.05, 4.69) is 27.8 Å². The average molecular weight is 364 g/mol. The van der Waals surface area contributed by atoms with Crippen molar-refractivity contribution in [3.8, 4) is 5.75 Å². The minimum atomic E-state index is -0.298. The maximum Gasteiger partial charge on any atom is 0.257 e. The number of aryl methyl sites for hydroxylation is 1. The van der Waals surface area contributed by atoms with E-state index in [4.69, 9.17) is 17.0 Å². The van der Waals surface area contributed by atoms with E-state index in [0.29, 0.717) is 23.1 Å². The zero-order valence-electron chi connectivity index (χ0n) is 13.7. The number of ether oxygens (including phenoxy) is 1. The molecule has 0 bridgehead atoms. The Morgan fingerprint density at radius 3 is 2.88 bits per heavy atom. The van der Waals surface area contributed by atoms with Gasteiger partial charge in [0.2, 0.25) is 5.13 Å². The fourth-order valence-electron chi connectivity index (χ4n) is 1.81. The van der Waals surface area contributed by atoms with Gasteiger partial charge < -0.3 is 10.1 Å². The van der Waals surface area contributed by atoms with Crippen molar-refractivity contribution in [1.82, 2.24) is 15.5 Å². The van der Waals surface area contributed by atoms with Crippen LogP contribution in [0.15, 0.2) is 24.3 Å². The van der Waals surface area contributed by atoms with Gasteiger partial charge in [-0.25, -0.2) is 0 Å². The van der Waals surface area contributed by atoms with Gasteiger partial charge in [-0.3, -0.25) is 10.1 Å². The van der Waals surface area contributed by atoms with E-state index in [1.165, 1.54) is 11.3 Å². The Labute approximate surface area is 150 Å². The van der Waals surface area contributed by atoms with Gasteiger partial charge >= 0.3 is 0 Å². The van der Waals surface area contributed by atoms with Gasteiger partial charge in [0, 0.05) is 5.56 Å². The van der Waals surface area contributed by atoms with E-state index < -0.39 is 0 Å². The van der Waals surface area contributed by atoms with Crippen molar-refractivity contribution >= 4 is 39.7 Å². The molecule has 0 saturated heterocycles. The van der Waals surface area contributed by atoms with Crippen molar-refractivity contribution in [2.45, 2.75) is 33.1 Å². The Kier molecular flexibility index (Phi) is 7.07. The predicted molar refractivity (Wildman–Crippen MR) is 99.8 cm³/mol. The third kappa shape index (κ3) is 5.54. The second-order valence-electron chi connectivity index (χ2n) is 4.99. The molecule has 0 atom stereocenters. The first kappa shape index (κ1) is 18.3. The van der Waals surface area contributed by atoms with Crippen LogP contribution in [0.2, 0.25) is 0 Å². The average Bonchev–Trinajstić information content (AvgIpc) is 3.02. The molecule has 8 heteroatoms. The largest absolute Gasteiger partial charge is 0.494 e. The molecule has 1 aromatic heterocycles. The van der Waals surface area contributed by atoms with Crippen LogP contribution in [0, 0.1) is 0 Å². The molecule has 1 aromatic carbocycles. The van der Waals surface area contributed by atoms with E-state index in [1.807, 2.05) is 13.0 Å². The normalized spacial score (nSPS) is 10.2. The monoisotopic (exact) mass is 364 g/mol. The first-order valence-corrected chi connectivity index (χ1v) is 9.02. The minimum Gasteiger partial charge on any atom is -0.494 e. The molecule has 0 spiro atoms. The maximum absolute atomic E-state index is 12.3. The molecule has 0 aliphatic rings. The Morgan fingerprint density at radius 1 is 1.33 bits per heavy atom. The highest BCUT2D eigenvalue weighted by Gasteiger charge is 2.11. The summed E-state index contributed by atoms with van der Waals surface area (Å²) in [5, 5.41) is 15.1. The minimum absolute atomic E-state index is 0.191. The van der Waals surface area contributed by atoms with Crippen LogP contribution in [0.25, 0.3) is 0 Å². The lowest BCUT2D eigenvalue weighted by molar-refractivity contribution is 0.0977. The summed E-state index contributed by atoms with van der Waals surface area (Å²) < 4.78 is 5.61. The van der Waals surface area contributed by atoms with E-state index in [0.717, 1.165) is 24.3 Å². The Hall–Kier alpha value is -2.06. The second-order valence-corrected chi connectivity index (χ2v) is 6.46. The van der Waals surface area contributed by atoms with Crippen LogP contribution in [-0.4, -0.2) is 27.8 Å². The molecule has 128 valence electrons. The maximum atomic E-state index is 12.3. The molecule has 2 rings (SSSR count). The standard InChI is InChI=1S/C16H20N4O2S2/c1-3-5-9-22-12-8-6-7-11(10-12)14(21)17-15(23)18-16-20-19-13(4-2)24-16/h6-8,10H,3-5,9H2,1-2H3,(H2,17,18,20,21,23).